The van der Waals surface area contributed by atoms with Crippen molar-refractivity contribution in [1.29, 1.82) is 0 Å². The fraction of sp³-hybridized carbons (Fsp3) is 0.381. The van der Waals surface area contributed by atoms with Gasteiger partial charge < -0.3 is 5.11 Å². The molecular formula is C42H48IrNO2S2-. The zero-order valence-electron chi connectivity index (χ0n) is 29.7. The number of hydrogen-bond donors (Lipinski definition) is 1. The fourth-order valence-corrected chi connectivity index (χ4v) is 8.22. The van der Waals surface area contributed by atoms with Crippen LogP contribution >= 0.6 is 22.7 Å². The summed E-state index contributed by atoms with van der Waals surface area (Å²) in [6.45, 7) is 18.9. The van der Waals surface area contributed by atoms with Crippen LogP contribution in [0.5, 0.6) is 0 Å². The molecule has 3 aromatic heterocycles. The monoisotopic (exact) mass is 855 g/mol. The number of pyridine rings is 1. The van der Waals surface area contributed by atoms with Crippen molar-refractivity contribution in [2.45, 2.75) is 93.4 Å². The number of aliphatic hydroxyl groups excluding tert-OH is 1. The van der Waals surface area contributed by atoms with E-state index in [2.05, 4.69) is 86.8 Å². The van der Waals surface area contributed by atoms with E-state index in [9.17, 15) is 9.90 Å². The van der Waals surface area contributed by atoms with Gasteiger partial charge in [-0.15, -0.1) is 51.8 Å². The van der Waals surface area contributed by atoms with Gasteiger partial charge in [-0.2, -0.15) is 0 Å². The molecule has 6 rings (SSSR count). The molecule has 0 aliphatic heterocycles. The Balaban J connectivity index is 0.000000251. The summed E-state index contributed by atoms with van der Waals surface area (Å²) in [5, 5.41) is 18.6. The first-order valence-electron chi connectivity index (χ1n) is 16.9. The van der Waals surface area contributed by atoms with Crippen molar-refractivity contribution >= 4 is 69.5 Å². The Labute approximate surface area is 307 Å². The minimum atomic E-state index is -0.337. The molecule has 0 unspecified atom stereocenters. The van der Waals surface area contributed by atoms with Gasteiger partial charge in [0.15, 0.2) is 5.78 Å². The summed E-state index contributed by atoms with van der Waals surface area (Å²) in [6, 6.07) is 23.4. The molecule has 0 saturated carbocycles. The van der Waals surface area contributed by atoms with E-state index in [1.54, 1.807) is 0 Å². The first kappa shape index (κ1) is 37.9. The SMILES string of the molecule is CC(C)(C)c1cc(-c2nccc3sc4ccc5ccsc5c4c23)[c-]c2ccccc12.CCC(C)(CC)C(=O)/C=C(\O)C(C)(CC)CC.[Ir]. The number of fused-ring (bicyclic) bond motifs is 6. The molecule has 6 aromatic rings. The third-order valence-corrected chi connectivity index (χ3v) is 12.5. The van der Waals surface area contributed by atoms with E-state index in [0.29, 0.717) is 0 Å². The number of ketones is 1. The standard InChI is InChI=1S/C27H20NS2.C15H28O2.Ir/c1-27(2,3)20-15-18(14-17-6-4-5-7-19(17)20)25-23-22(10-12-28-25)30-21-9-8-16-11-13-29-26(16)24(21)23;1-7-14(5,8-2)12(16)11-13(17)15(6,9-3)10-4;/h4-13,15H,1-3H3;11,16H,7-10H2,1-6H3;/q-1;;/b;12-11-;. The quantitative estimate of drug-likeness (QED) is 0.0943. The Morgan fingerprint density at radius 3 is 2.15 bits per heavy atom. The zero-order chi connectivity index (χ0) is 34.1. The molecule has 0 saturated heterocycles. The molecule has 1 radical (unpaired) electrons. The van der Waals surface area contributed by atoms with E-state index >= 15 is 0 Å². The molecular weight excluding hydrogens is 807 g/mol. The fourth-order valence-electron chi connectivity index (χ4n) is 6.09. The van der Waals surface area contributed by atoms with Crippen molar-refractivity contribution in [3.8, 4) is 11.3 Å². The number of allylic oxidation sites excluding steroid dienone is 2. The smallest absolute Gasteiger partial charge is 0.164 e. The largest absolute Gasteiger partial charge is 0.512 e. The van der Waals surface area contributed by atoms with Crippen LogP contribution in [0, 0.1) is 16.9 Å². The van der Waals surface area contributed by atoms with E-state index < -0.39 is 0 Å². The Morgan fingerprint density at radius 2 is 1.50 bits per heavy atom. The summed E-state index contributed by atoms with van der Waals surface area (Å²) in [4.78, 5) is 17.1. The van der Waals surface area contributed by atoms with E-state index in [-0.39, 0.29) is 47.9 Å². The minimum absolute atomic E-state index is 0. The average molecular weight is 855 g/mol. The predicted octanol–water partition coefficient (Wildman–Crippen LogP) is 13.2. The van der Waals surface area contributed by atoms with E-state index in [1.165, 1.54) is 47.3 Å². The topological polar surface area (TPSA) is 50.2 Å². The van der Waals surface area contributed by atoms with Gasteiger partial charge in [0.2, 0.25) is 0 Å². The van der Waals surface area contributed by atoms with Crippen LogP contribution in [0.4, 0.5) is 0 Å². The van der Waals surface area contributed by atoms with Crippen molar-refractivity contribution in [2.24, 2.45) is 10.8 Å². The van der Waals surface area contributed by atoms with E-state index in [0.717, 1.165) is 42.3 Å². The number of aromatic nitrogens is 1. The Morgan fingerprint density at radius 1 is 0.854 bits per heavy atom. The van der Waals surface area contributed by atoms with Gasteiger partial charge in [0, 0.05) is 68.4 Å². The zero-order valence-corrected chi connectivity index (χ0v) is 33.7. The van der Waals surface area contributed by atoms with Crippen LogP contribution in [-0.2, 0) is 30.3 Å². The van der Waals surface area contributed by atoms with Crippen LogP contribution < -0.4 is 0 Å². The van der Waals surface area contributed by atoms with Crippen LogP contribution in [-0.4, -0.2) is 15.9 Å². The molecule has 255 valence electrons. The summed E-state index contributed by atoms with van der Waals surface area (Å²) < 4.78 is 3.96. The molecule has 1 N–H and O–H groups in total. The second kappa shape index (κ2) is 14.9. The molecule has 0 aliphatic carbocycles. The summed E-state index contributed by atoms with van der Waals surface area (Å²) in [5.41, 5.74) is 2.89. The average Bonchev–Trinajstić information content (AvgIpc) is 3.71. The second-order valence-electron chi connectivity index (χ2n) is 14.2. The van der Waals surface area contributed by atoms with Crippen molar-refractivity contribution in [2.75, 3.05) is 0 Å². The maximum absolute atomic E-state index is 12.2. The van der Waals surface area contributed by atoms with Crippen LogP contribution in [0.3, 0.4) is 0 Å². The number of hydrogen-bond acceptors (Lipinski definition) is 5. The molecule has 0 amide bonds. The summed E-state index contributed by atoms with van der Waals surface area (Å²) in [5.74, 6) is 0.286. The number of aliphatic hydroxyl groups is 1. The first-order valence-corrected chi connectivity index (χ1v) is 18.6. The molecule has 0 fully saturated rings. The van der Waals surface area contributed by atoms with E-state index in [1.807, 2.05) is 70.4 Å². The molecule has 6 heteroatoms. The Kier molecular flexibility index (Phi) is 11.8. The maximum Gasteiger partial charge on any atom is 0.164 e. The van der Waals surface area contributed by atoms with Gasteiger partial charge in [-0.25, -0.2) is 0 Å². The molecule has 0 aliphatic rings. The van der Waals surface area contributed by atoms with Crippen molar-refractivity contribution in [3.05, 3.63) is 89.6 Å². The third kappa shape index (κ3) is 7.19. The molecule has 0 atom stereocenters. The van der Waals surface area contributed by atoms with Gasteiger partial charge >= 0.3 is 0 Å². The minimum Gasteiger partial charge on any atom is -0.512 e. The number of carbonyl (C=O) groups is 1. The number of benzene rings is 3. The van der Waals surface area contributed by atoms with Crippen molar-refractivity contribution in [3.63, 3.8) is 0 Å². The Bertz CT molecular complexity index is 2090. The van der Waals surface area contributed by atoms with Gasteiger partial charge in [0.1, 0.15) is 5.76 Å². The van der Waals surface area contributed by atoms with Crippen LogP contribution in [0.2, 0.25) is 0 Å². The van der Waals surface area contributed by atoms with Gasteiger partial charge in [-0.05, 0) is 65.4 Å². The molecule has 3 nitrogen and oxygen atoms in total. The second-order valence-corrected chi connectivity index (χ2v) is 16.2. The Hall–Kier alpha value is -2.89. The normalized spacial score (nSPS) is 12.7. The summed E-state index contributed by atoms with van der Waals surface area (Å²) in [6.07, 6.45) is 6.70. The van der Waals surface area contributed by atoms with Gasteiger partial charge in [-0.3, -0.25) is 9.78 Å². The van der Waals surface area contributed by atoms with Crippen LogP contribution in [0.15, 0.2) is 78.0 Å². The van der Waals surface area contributed by atoms with Crippen LogP contribution in [0.1, 0.15) is 93.6 Å². The van der Waals surface area contributed by atoms with Gasteiger partial charge in [0.25, 0.3) is 0 Å². The van der Waals surface area contributed by atoms with Crippen molar-refractivity contribution in [1.82, 2.24) is 4.98 Å². The molecule has 0 spiro atoms. The molecule has 3 aromatic carbocycles. The maximum atomic E-state index is 12.2. The third-order valence-electron chi connectivity index (χ3n) is 10.4. The van der Waals surface area contributed by atoms with E-state index in [4.69, 9.17) is 4.98 Å². The molecule has 3 heterocycles. The van der Waals surface area contributed by atoms with Crippen molar-refractivity contribution < 1.29 is 30.0 Å². The first-order chi connectivity index (χ1) is 22.3. The van der Waals surface area contributed by atoms with Gasteiger partial charge in [0.05, 0.1) is 0 Å². The van der Waals surface area contributed by atoms with Crippen LogP contribution in [0.25, 0.3) is 52.3 Å². The molecule has 0 bridgehead atoms. The summed E-state index contributed by atoms with van der Waals surface area (Å²) >= 11 is 3.67. The summed E-state index contributed by atoms with van der Waals surface area (Å²) in [7, 11) is 0. The molecule has 48 heavy (non-hydrogen) atoms. The number of nitrogens with zero attached hydrogens (tertiary/aromatic N) is 1. The number of carbonyl (C=O) groups excluding carboxylic acids is 1. The predicted molar refractivity (Wildman–Crippen MR) is 206 cm³/mol. The van der Waals surface area contributed by atoms with Gasteiger partial charge in [-0.1, -0.05) is 97.5 Å². The number of thiophene rings is 2. The number of rotatable bonds is 8.